The second-order valence-electron chi connectivity index (χ2n) is 7.88. The van der Waals surface area contributed by atoms with Gasteiger partial charge in [-0.1, -0.05) is 86.6 Å². The van der Waals surface area contributed by atoms with Gasteiger partial charge in [-0.25, -0.2) is 4.98 Å². The van der Waals surface area contributed by atoms with Gasteiger partial charge in [0.05, 0.1) is 17.2 Å². The van der Waals surface area contributed by atoms with Gasteiger partial charge in [0.1, 0.15) is 0 Å². The zero-order chi connectivity index (χ0) is 20.4. The summed E-state index contributed by atoms with van der Waals surface area (Å²) in [5.41, 5.74) is 6.85. The summed E-state index contributed by atoms with van der Waals surface area (Å²) in [5, 5.41) is 0. The predicted octanol–water partition coefficient (Wildman–Crippen LogP) is 6.37. The third kappa shape index (κ3) is 3.73. The van der Waals surface area contributed by atoms with Gasteiger partial charge in [0.15, 0.2) is 5.82 Å². The molecule has 1 aromatic heterocycles. The highest BCUT2D eigenvalue weighted by Crippen LogP contribution is 2.35. The van der Waals surface area contributed by atoms with Crippen LogP contribution >= 0.6 is 0 Å². The second kappa shape index (κ2) is 8.04. The molecule has 0 radical (unpaired) electrons. The lowest BCUT2D eigenvalue weighted by molar-refractivity contribution is 0.532. The molecule has 1 atom stereocenters. The van der Waals surface area contributed by atoms with Crippen molar-refractivity contribution in [1.29, 1.82) is 0 Å². The Bertz CT molecular complexity index is 1140. The van der Waals surface area contributed by atoms with E-state index in [-0.39, 0.29) is 6.04 Å². The quantitative estimate of drug-likeness (QED) is 0.369. The number of benzene rings is 3. The van der Waals surface area contributed by atoms with Gasteiger partial charge in [-0.05, 0) is 24.0 Å². The highest BCUT2D eigenvalue weighted by atomic mass is 15.1. The van der Waals surface area contributed by atoms with E-state index in [9.17, 15) is 0 Å². The van der Waals surface area contributed by atoms with Crippen LogP contribution in [-0.4, -0.2) is 21.8 Å². The summed E-state index contributed by atoms with van der Waals surface area (Å²) >= 11 is 0. The Balaban J connectivity index is 1.95. The van der Waals surface area contributed by atoms with Crippen LogP contribution < -0.4 is 0 Å². The van der Waals surface area contributed by atoms with Gasteiger partial charge in [-0.2, -0.15) is 0 Å². The maximum absolute atomic E-state index is 5.02. The van der Waals surface area contributed by atoms with E-state index >= 15 is 0 Å². The lowest BCUT2D eigenvalue weighted by atomic mass is 9.98. The molecule has 3 heteroatoms. The number of imidazole rings is 1. The first-order valence-electron chi connectivity index (χ1n) is 10.2. The molecule has 3 aromatic carbocycles. The number of aliphatic imine (C=N–C) groups is 1. The summed E-state index contributed by atoms with van der Waals surface area (Å²) in [5.74, 6) is 1.38. The number of nitrogens with zero attached hydrogens (tertiary/aromatic N) is 3. The lowest BCUT2D eigenvalue weighted by Gasteiger charge is -2.10. The van der Waals surface area contributed by atoms with Crippen molar-refractivity contribution >= 4 is 17.2 Å². The highest BCUT2D eigenvalue weighted by Gasteiger charge is 2.16. The van der Waals surface area contributed by atoms with Crippen molar-refractivity contribution in [3.63, 3.8) is 0 Å². The van der Waals surface area contributed by atoms with Crippen LogP contribution in [0.25, 0.3) is 33.3 Å². The molecule has 146 valence electrons. The van der Waals surface area contributed by atoms with Crippen molar-refractivity contribution in [2.75, 3.05) is 0 Å². The average Bonchev–Trinajstić information content (AvgIpc) is 3.09. The molecule has 0 aliphatic carbocycles. The van der Waals surface area contributed by atoms with Crippen LogP contribution in [0.4, 0.5) is 0 Å². The maximum atomic E-state index is 5.02. The minimum atomic E-state index is 0.261. The van der Waals surface area contributed by atoms with Gasteiger partial charge in [0, 0.05) is 24.2 Å². The van der Waals surface area contributed by atoms with Crippen molar-refractivity contribution in [2.24, 2.45) is 18.0 Å². The fourth-order valence-corrected chi connectivity index (χ4v) is 3.51. The normalized spacial score (nSPS) is 12.9. The van der Waals surface area contributed by atoms with E-state index in [0.29, 0.717) is 5.92 Å². The molecule has 0 N–H and O–H groups in total. The third-order valence-electron chi connectivity index (χ3n) is 5.62. The van der Waals surface area contributed by atoms with Crippen molar-refractivity contribution in [1.82, 2.24) is 9.55 Å². The van der Waals surface area contributed by atoms with Gasteiger partial charge in [-0.15, -0.1) is 0 Å². The molecule has 0 aliphatic rings. The Labute approximate surface area is 172 Å². The molecule has 0 spiro atoms. The molecule has 0 saturated carbocycles. The van der Waals surface area contributed by atoms with Crippen LogP contribution in [-0.2, 0) is 7.05 Å². The van der Waals surface area contributed by atoms with Crippen molar-refractivity contribution in [3.8, 4) is 22.3 Å². The molecule has 0 saturated heterocycles. The molecule has 1 unspecified atom stereocenters. The van der Waals surface area contributed by atoms with E-state index in [4.69, 9.17) is 9.98 Å². The number of aryl methyl sites for hydroxylation is 1. The third-order valence-corrected chi connectivity index (χ3v) is 5.62. The Kier molecular flexibility index (Phi) is 5.30. The van der Waals surface area contributed by atoms with Gasteiger partial charge in [0.2, 0.25) is 0 Å². The van der Waals surface area contributed by atoms with Crippen molar-refractivity contribution in [2.45, 2.75) is 26.8 Å². The molecule has 0 aliphatic heterocycles. The summed E-state index contributed by atoms with van der Waals surface area (Å²) in [6, 6.07) is 25.6. The fraction of sp³-hybridized carbons (Fsp3) is 0.231. The molecule has 0 bridgehead atoms. The van der Waals surface area contributed by atoms with Crippen LogP contribution in [0, 0.1) is 5.92 Å². The van der Waals surface area contributed by atoms with Gasteiger partial charge < -0.3 is 4.57 Å². The van der Waals surface area contributed by atoms with Crippen LogP contribution in [0.5, 0.6) is 0 Å². The fourth-order valence-electron chi connectivity index (χ4n) is 3.51. The molecule has 4 rings (SSSR count). The first-order valence-corrected chi connectivity index (χ1v) is 10.2. The molecule has 0 fully saturated rings. The standard InChI is InChI=1S/C26H27N3/c1-18(2)19(3)27-17-24-28-25-22(20-11-7-5-8-12-20)15-16-23(26(25)29(24)4)21-13-9-6-10-14-21/h5-19H,1-4H3. The van der Waals surface area contributed by atoms with Crippen LogP contribution in [0.3, 0.4) is 0 Å². The second-order valence-corrected chi connectivity index (χ2v) is 7.88. The largest absolute Gasteiger partial charge is 0.326 e. The topological polar surface area (TPSA) is 30.2 Å². The van der Waals surface area contributed by atoms with E-state index in [1.54, 1.807) is 0 Å². The number of rotatable bonds is 5. The molecule has 29 heavy (non-hydrogen) atoms. The molecule has 3 nitrogen and oxygen atoms in total. The molecular weight excluding hydrogens is 354 g/mol. The smallest absolute Gasteiger partial charge is 0.151 e. The Hall–Kier alpha value is -3.20. The van der Waals surface area contributed by atoms with E-state index in [1.165, 1.54) is 16.7 Å². The minimum Gasteiger partial charge on any atom is -0.326 e. The molecule has 0 amide bonds. The van der Waals surface area contributed by atoms with Gasteiger partial charge in [-0.3, -0.25) is 4.99 Å². The van der Waals surface area contributed by atoms with Crippen LogP contribution in [0.1, 0.15) is 26.6 Å². The molecule has 4 aromatic rings. The van der Waals surface area contributed by atoms with E-state index < -0.39 is 0 Å². The minimum absolute atomic E-state index is 0.261. The van der Waals surface area contributed by atoms with Crippen molar-refractivity contribution < 1.29 is 0 Å². The predicted molar refractivity (Wildman–Crippen MR) is 123 cm³/mol. The zero-order valence-electron chi connectivity index (χ0n) is 17.5. The number of fused-ring (bicyclic) bond motifs is 1. The van der Waals surface area contributed by atoms with E-state index in [0.717, 1.165) is 22.4 Å². The monoisotopic (exact) mass is 381 g/mol. The van der Waals surface area contributed by atoms with Crippen LogP contribution in [0.2, 0.25) is 0 Å². The summed E-state index contributed by atoms with van der Waals surface area (Å²) in [4.78, 5) is 9.77. The first kappa shape index (κ1) is 19.1. The highest BCUT2D eigenvalue weighted by molar-refractivity contribution is 6.03. The summed E-state index contributed by atoms with van der Waals surface area (Å²) in [7, 11) is 2.08. The first-order chi connectivity index (χ1) is 14.1. The summed E-state index contributed by atoms with van der Waals surface area (Å²) in [6.07, 6.45) is 1.92. The Morgan fingerprint density at radius 1 is 0.793 bits per heavy atom. The Morgan fingerprint density at radius 2 is 1.34 bits per heavy atom. The average molecular weight is 382 g/mol. The number of hydrogen-bond donors (Lipinski definition) is 0. The van der Waals surface area contributed by atoms with Gasteiger partial charge >= 0.3 is 0 Å². The SMILES string of the molecule is CC(C)C(C)N=Cc1nc2c(-c3ccccc3)ccc(-c3ccccc3)c2n1C. The van der Waals surface area contributed by atoms with Crippen molar-refractivity contribution in [3.05, 3.63) is 78.6 Å². The summed E-state index contributed by atoms with van der Waals surface area (Å²) in [6.45, 7) is 6.53. The zero-order valence-corrected chi connectivity index (χ0v) is 17.5. The van der Waals surface area contributed by atoms with Gasteiger partial charge in [0.25, 0.3) is 0 Å². The van der Waals surface area contributed by atoms with E-state index in [1.807, 2.05) is 18.3 Å². The molecule has 1 heterocycles. The lowest BCUT2D eigenvalue weighted by Crippen LogP contribution is -2.08. The number of aromatic nitrogens is 2. The maximum Gasteiger partial charge on any atom is 0.151 e. The Morgan fingerprint density at radius 3 is 1.93 bits per heavy atom. The number of hydrogen-bond acceptors (Lipinski definition) is 2. The molecular formula is C26H27N3. The van der Waals surface area contributed by atoms with Crippen LogP contribution in [0.15, 0.2) is 77.8 Å². The van der Waals surface area contributed by atoms with E-state index in [2.05, 4.69) is 93.0 Å². The summed E-state index contributed by atoms with van der Waals surface area (Å²) < 4.78 is 2.17.